The van der Waals surface area contributed by atoms with Crippen LogP contribution in [0.15, 0.2) is 93.7 Å². The zero-order chi connectivity index (χ0) is 24.1. The molecule has 0 fully saturated rings. The van der Waals surface area contributed by atoms with Crippen LogP contribution in [0.3, 0.4) is 0 Å². The van der Waals surface area contributed by atoms with Gasteiger partial charge < -0.3 is 15.1 Å². The second-order valence-corrected chi connectivity index (χ2v) is 8.88. The van der Waals surface area contributed by atoms with Gasteiger partial charge in [-0.25, -0.2) is 22.2 Å². The fourth-order valence-electron chi connectivity index (χ4n) is 2.91. The molecule has 1 amide bonds. The zero-order valence-corrected chi connectivity index (χ0v) is 18.2. The third-order valence-electron chi connectivity index (χ3n) is 4.52. The molecule has 1 aromatic heterocycles. The van der Waals surface area contributed by atoms with Crippen molar-refractivity contribution in [2.75, 3.05) is 10.6 Å². The Kier molecular flexibility index (Phi) is 6.51. The van der Waals surface area contributed by atoms with E-state index in [2.05, 4.69) is 15.6 Å². The number of amides is 1. The highest BCUT2D eigenvalue weighted by atomic mass is 32.2. The highest BCUT2D eigenvalue weighted by molar-refractivity contribution is 7.94. The van der Waals surface area contributed by atoms with Crippen molar-refractivity contribution in [2.24, 2.45) is 0 Å². The second-order valence-electron chi connectivity index (χ2n) is 7.05. The minimum absolute atomic E-state index is 0.0190. The lowest BCUT2D eigenvalue weighted by Crippen LogP contribution is -2.11. The zero-order valence-electron chi connectivity index (χ0n) is 17.4. The van der Waals surface area contributed by atoms with E-state index in [-0.39, 0.29) is 22.4 Å². The predicted octanol–water partition coefficient (Wildman–Crippen LogP) is 5.39. The van der Waals surface area contributed by atoms with Gasteiger partial charge in [0.05, 0.1) is 11.1 Å². The highest BCUT2D eigenvalue weighted by Gasteiger charge is 2.14. The van der Waals surface area contributed by atoms with Crippen LogP contribution >= 0.6 is 0 Å². The van der Waals surface area contributed by atoms with E-state index in [0.29, 0.717) is 17.3 Å². The Hall–Kier alpha value is -4.31. The quantitative estimate of drug-likeness (QED) is 0.367. The Bertz CT molecular complexity index is 1430. The molecule has 0 saturated heterocycles. The fraction of sp³-hybridized carbons (Fsp3) is 0. The van der Waals surface area contributed by atoms with Crippen molar-refractivity contribution in [3.8, 4) is 0 Å². The Balaban J connectivity index is 1.39. The van der Waals surface area contributed by atoms with E-state index in [1.54, 1.807) is 42.5 Å². The summed E-state index contributed by atoms with van der Waals surface area (Å²) in [4.78, 5) is 16.4. The van der Waals surface area contributed by atoms with Gasteiger partial charge in [0.2, 0.25) is 5.76 Å². The number of sulfone groups is 1. The van der Waals surface area contributed by atoms with Crippen molar-refractivity contribution in [1.82, 2.24) is 4.98 Å². The maximum atomic E-state index is 13.3. The summed E-state index contributed by atoms with van der Waals surface area (Å²) in [6, 6.07) is 17.5. The lowest BCUT2D eigenvalue weighted by molar-refractivity contribution is 0.0997. The number of nitrogens with zero attached hydrogens (tertiary/aromatic N) is 1. The Morgan fingerprint density at radius 2 is 1.59 bits per heavy atom. The summed E-state index contributed by atoms with van der Waals surface area (Å²) in [7, 11) is -3.55. The smallest absolute Gasteiger partial charge is 0.299 e. The molecule has 0 atom stereocenters. The van der Waals surface area contributed by atoms with Gasteiger partial charge in [-0.15, -0.1) is 0 Å². The summed E-state index contributed by atoms with van der Waals surface area (Å²) >= 11 is 0. The average molecular weight is 481 g/mol. The van der Waals surface area contributed by atoms with Gasteiger partial charge in [0.1, 0.15) is 11.6 Å². The van der Waals surface area contributed by atoms with E-state index < -0.39 is 27.4 Å². The van der Waals surface area contributed by atoms with Gasteiger partial charge in [0.15, 0.2) is 9.84 Å². The lowest BCUT2D eigenvalue weighted by Gasteiger charge is -2.04. The van der Waals surface area contributed by atoms with E-state index in [4.69, 9.17) is 4.42 Å². The van der Waals surface area contributed by atoms with Gasteiger partial charge in [-0.2, -0.15) is 0 Å². The van der Waals surface area contributed by atoms with Crippen LogP contribution in [0.4, 0.5) is 26.2 Å². The molecule has 34 heavy (non-hydrogen) atoms. The number of hydrogen-bond donors (Lipinski definition) is 2. The number of halogens is 2. The van der Waals surface area contributed by atoms with Crippen LogP contribution in [0, 0.1) is 11.6 Å². The molecule has 0 aliphatic heterocycles. The van der Waals surface area contributed by atoms with Gasteiger partial charge >= 0.3 is 0 Å². The minimum Gasteiger partial charge on any atom is -0.418 e. The SMILES string of the molecule is O=C(Nc1cc(F)cc(F)c1)c1cnc(Nc2ccc(/C=C/S(=O)(=O)c3ccccc3)cc2)o1. The van der Waals surface area contributed by atoms with Crippen molar-refractivity contribution in [3.63, 3.8) is 0 Å². The third kappa shape index (κ3) is 5.73. The fourth-order valence-corrected chi connectivity index (χ4v) is 3.94. The van der Waals surface area contributed by atoms with Crippen LogP contribution in [0.2, 0.25) is 0 Å². The van der Waals surface area contributed by atoms with E-state index in [1.165, 1.54) is 24.4 Å². The van der Waals surface area contributed by atoms with Crippen molar-refractivity contribution >= 4 is 39.2 Å². The van der Waals surface area contributed by atoms with Crippen molar-refractivity contribution in [3.05, 3.63) is 107 Å². The highest BCUT2D eigenvalue weighted by Crippen LogP contribution is 2.20. The number of hydrogen-bond acceptors (Lipinski definition) is 6. The number of oxazole rings is 1. The van der Waals surface area contributed by atoms with Crippen molar-refractivity contribution in [2.45, 2.75) is 4.90 Å². The molecule has 0 unspecified atom stereocenters. The van der Waals surface area contributed by atoms with Gasteiger partial charge in [0, 0.05) is 22.8 Å². The first-order valence-electron chi connectivity index (χ1n) is 9.87. The maximum absolute atomic E-state index is 13.3. The first kappa shape index (κ1) is 22.9. The van der Waals surface area contributed by atoms with Gasteiger partial charge in [-0.3, -0.25) is 4.79 Å². The molecule has 7 nitrogen and oxygen atoms in total. The van der Waals surface area contributed by atoms with E-state index >= 15 is 0 Å². The van der Waals surface area contributed by atoms with Crippen LogP contribution < -0.4 is 10.6 Å². The maximum Gasteiger partial charge on any atom is 0.299 e. The summed E-state index contributed by atoms with van der Waals surface area (Å²) in [6.45, 7) is 0. The topological polar surface area (TPSA) is 101 Å². The van der Waals surface area contributed by atoms with Crippen LogP contribution in [0.25, 0.3) is 6.08 Å². The van der Waals surface area contributed by atoms with Crippen LogP contribution in [-0.2, 0) is 9.84 Å². The van der Waals surface area contributed by atoms with E-state index in [1.807, 2.05) is 0 Å². The lowest BCUT2D eigenvalue weighted by atomic mass is 10.2. The molecule has 4 rings (SSSR count). The standard InChI is InChI=1S/C24H17F2N3O4S/c25-17-12-18(26)14-20(13-17)28-23(30)22-15-27-24(33-22)29-19-8-6-16(7-9-19)10-11-34(31,32)21-4-2-1-3-5-21/h1-15H,(H,27,29)(H,28,30)/b11-10+. The summed E-state index contributed by atoms with van der Waals surface area (Å²) in [5.74, 6) is -2.55. The molecule has 1 heterocycles. The number of carbonyl (C=O) groups is 1. The molecule has 0 saturated carbocycles. The van der Waals surface area contributed by atoms with Crippen LogP contribution in [-0.4, -0.2) is 19.3 Å². The summed E-state index contributed by atoms with van der Waals surface area (Å²) in [5.41, 5.74) is 1.16. The molecule has 0 bridgehead atoms. The van der Waals surface area contributed by atoms with E-state index in [0.717, 1.165) is 17.5 Å². The van der Waals surface area contributed by atoms with Gasteiger partial charge in [-0.05, 0) is 48.0 Å². The van der Waals surface area contributed by atoms with Crippen LogP contribution in [0.5, 0.6) is 0 Å². The average Bonchev–Trinajstić information content (AvgIpc) is 3.27. The number of benzene rings is 3. The summed E-state index contributed by atoms with van der Waals surface area (Å²) < 4.78 is 56.5. The molecule has 0 aliphatic rings. The normalized spacial score (nSPS) is 11.5. The molecule has 3 aromatic carbocycles. The molecule has 0 aliphatic carbocycles. The van der Waals surface area contributed by atoms with Gasteiger partial charge in [0.25, 0.3) is 11.9 Å². The summed E-state index contributed by atoms with van der Waals surface area (Å²) in [6.07, 6.45) is 2.65. The largest absolute Gasteiger partial charge is 0.418 e. The van der Waals surface area contributed by atoms with Crippen molar-refractivity contribution < 1.29 is 26.4 Å². The Morgan fingerprint density at radius 1 is 0.912 bits per heavy atom. The molecular weight excluding hydrogens is 464 g/mol. The minimum atomic E-state index is -3.55. The van der Waals surface area contributed by atoms with E-state index in [9.17, 15) is 22.0 Å². The molecule has 0 radical (unpaired) electrons. The molecular formula is C24H17F2N3O4S. The number of anilines is 3. The Labute approximate surface area is 193 Å². The first-order chi connectivity index (χ1) is 16.3. The first-order valence-corrected chi connectivity index (χ1v) is 11.4. The van der Waals surface area contributed by atoms with Gasteiger partial charge in [-0.1, -0.05) is 30.3 Å². The predicted molar refractivity (Wildman–Crippen MR) is 123 cm³/mol. The number of nitrogens with one attached hydrogen (secondary N) is 2. The molecule has 172 valence electrons. The third-order valence-corrected chi connectivity index (χ3v) is 5.95. The molecule has 2 N–H and O–H groups in total. The molecule has 4 aromatic rings. The Morgan fingerprint density at radius 3 is 2.26 bits per heavy atom. The van der Waals surface area contributed by atoms with Crippen molar-refractivity contribution in [1.29, 1.82) is 0 Å². The second kappa shape index (κ2) is 9.67. The number of rotatable bonds is 7. The van der Waals surface area contributed by atoms with Crippen LogP contribution in [0.1, 0.15) is 16.1 Å². The number of aromatic nitrogens is 1. The summed E-state index contributed by atoms with van der Waals surface area (Å²) in [5, 5.41) is 6.33. The monoisotopic (exact) mass is 481 g/mol. The number of carbonyl (C=O) groups excluding carboxylic acids is 1. The molecule has 0 spiro atoms. The molecule has 10 heteroatoms.